The molecule has 0 N–H and O–H groups in total. The minimum Gasteiger partial charge on any atom is -0.548 e. The second-order valence-electron chi connectivity index (χ2n) is 7.27. The number of carbonyl (C=O) groups excluding carboxylic acids is 2. The predicted molar refractivity (Wildman–Crippen MR) is 97.5 cm³/mol. The van der Waals surface area contributed by atoms with Gasteiger partial charge in [-0.2, -0.15) is 4.31 Å². The summed E-state index contributed by atoms with van der Waals surface area (Å²) in [6.07, 6.45) is 4.49. The summed E-state index contributed by atoms with van der Waals surface area (Å²) in [6.45, 7) is 3.01. The summed E-state index contributed by atoms with van der Waals surface area (Å²) in [5.74, 6) is -1.73. The van der Waals surface area contributed by atoms with Gasteiger partial charge in [0.25, 0.3) is 5.91 Å². The molecule has 7 nitrogen and oxygen atoms in total. The number of hydrogen-bond acceptors (Lipinski definition) is 5. The van der Waals surface area contributed by atoms with E-state index in [4.69, 9.17) is 0 Å². The Kier molecular flexibility index (Phi) is 5.86. The van der Waals surface area contributed by atoms with Crippen molar-refractivity contribution in [3.05, 3.63) is 29.3 Å². The Morgan fingerprint density at radius 1 is 1.04 bits per heavy atom. The van der Waals surface area contributed by atoms with Gasteiger partial charge in [0.15, 0.2) is 0 Å². The van der Waals surface area contributed by atoms with Crippen molar-refractivity contribution in [3.63, 3.8) is 0 Å². The lowest BCUT2D eigenvalue weighted by molar-refractivity contribution is -0.311. The van der Waals surface area contributed by atoms with Crippen molar-refractivity contribution in [1.29, 1.82) is 0 Å². The van der Waals surface area contributed by atoms with Gasteiger partial charge in [0, 0.05) is 25.2 Å². The zero-order valence-electron chi connectivity index (χ0n) is 15.5. The van der Waals surface area contributed by atoms with Crippen LogP contribution in [0.5, 0.6) is 0 Å². The molecule has 8 heteroatoms. The molecule has 27 heavy (non-hydrogen) atoms. The first-order valence-electron chi connectivity index (χ1n) is 9.45. The van der Waals surface area contributed by atoms with Crippen molar-refractivity contribution in [2.75, 3.05) is 19.6 Å². The molecule has 1 aromatic rings. The van der Waals surface area contributed by atoms with Crippen molar-refractivity contribution in [2.45, 2.75) is 56.4 Å². The quantitative estimate of drug-likeness (QED) is 0.757. The molecule has 0 aromatic heterocycles. The van der Waals surface area contributed by atoms with Crippen LogP contribution in [0.1, 0.15) is 54.4 Å². The molecular formula is C19H25N2O5S-. The number of amides is 1. The van der Waals surface area contributed by atoms with Crippen LogP contribution in [0.4, 0.5) is 0 Å². The van der Waals surface area contributed by atoms with Gasteiger partial charge in [-0.15, -0.1) is 0 Å². The smallest absolute Gasteiger partial charge is 0.254 e. The van der Waals surface area contributed by atoms with E-state index in [2.05, 4.69) is 0 Å². The van der Waals surface area contributed by atoms with Crippen molar-refractivity contribution in [3.8, 4) is 0 Å². The molecule has 0 saturated carbocycles. The Balaban J connectivity index is 1.92. The molecule has 2 saturated heterocycles. The molecule has 0 spiro atoms. The fourth-order valence-corrected chi connectivity index (χ4v) is 5.61. The maximum Gasteiger partial charge on any atom is 0.254 e. The number of aryl methyl sites for hydroxylation is 1. The maximum absolute atomic E-state index is 13.0. The lowest BCUT2D eigenvalue weighted by Crippen LogP contribution is -2.52. The van der Waals surface area contributed by atoms with Gasteiger partial charge in [0.2, 0.25) is 10.0 Å². The summed E-state index contributed by atoms with van der Waals surface area (Å²) in [7, 11) is -3.68. The van der Waals surface area contributed by atoms with Gasteiger partial charge in [-0.1, -0.05) is 12.5 Å². The summed E-state index contributed by atoms with van der Waals surface area (Å²) in [4.78, 5) is 25.7. The van der Waals surface area contributed by atoms with Crippen LogP contribution >= 0.6 is 0 Å². The van der Waals surface area contributed by atoms with Crippen LogP contribution < -0.4 is 5.11 Å². The molecule has 2 heterocycles. The van der Waals surface area contributed by atoms with E-state index in [1.165, 1.54) is 15.3 Å². The molecule has 2 aliphatic heterocycles. The molecule has 1 amide bonds. The zero-order valence-corrected chi connectivity index (χ0v) is 16.3. The number of carbonyl (C=O) groups is 2. The first kappa shape index (κ1) is 19.8. The monoisotopic (exact) mass is 393 g/mol. The van der Waals surface area contributed by atoms with Crippen LogP contribution in [0.25, 0.3) is 0 Å². The Hall–Kier alpha value is -1.93. The molecular weight excluding hydrogens is 368 g/mol. The lowest BCUT2D eigenvalue weighted by atomic mass is 10.0. The van der Waals surface area contributed by atoms with Crippen LogP contribution in [0, 0.1) is 6.92 Å². The third-order valence-corrected chi connectivity index (χ3v) is 7.44. The normalized spacial score (nSPS) is 21.8. The van der Waals surface area contributed by atoms with Crippen LogP contribution in [-0.4, -0.2) is 55.2 Å². The van der Waals surface area contributed by atoms with Crippen LogP contribution in [-0.2, 0) is 14.8 Å². The molecule has 2 aliphatic rings. The number of hydrogen-bond donors (Lipinski definition) is 0. The molecule has 148 valence electrons. The number of sulfonamides is 1. The van der Waals surface area contributed by atoms with E-state index in [-0.39, 0.29) is 10.5 Å². The van der Waals surface area contributed by atoms with E-state index in [9.17, 15) is 23.1 Å². The molecule has 0 aliphatic carbocycles. The summed E-state index contributed by atoms with van der Waals surface area (Å²) in [6, 6.07) is 3.60. The minimum absolute atomic E-state index is 0.122. The SMILES string of the molecule is Cc1ccc(C(=O)N2CCCC[C@H]2C(=O)[O-])cc1S(=O)(=O)N1CCCCC1. The number of carboxylic acid groups (broad SMARTS) is 1. The van der Waals surface area contributed by atoms with Crippen molar-refractivity contribution in [1.82, 2.24) is 9.21 Å². The molecule has 1 aromatic carbocycles. The van der Waals surface area contributed by atoms with Gasteiger partial charge in [0.1, 0.15) is 0 Å². The topological polar surface area (TPSA) is 97.8 Å². The fraction of sp³-hybridized carbons (Fsp3) is 0.579. The van der Waals surface area contributed by atoms with E-state index in [0.29, 0.717) is 31.6 Å². The Morgan fingerprint density at radius 3 is 2.37 bits per heavy atom. The minimum atomic E-state index is -3.68. The Labute approximate surface area is 160 Å². The number of piperidine rings is 2. The molecule has 0 bridgehead atoms. The molecule has 1 atom stereocenters. The summed E-state index contributed by atoms with van der Waals surface area (Å²) >= 11 is 0. The van der Waals surface area contributed by atoms with E-state index in [1.54, 1.807) is 19.1 Å². The van der Waals surface area contributed by atoms with Gasteiger partial charge >= 0.3 is 0 Å². The lowest BCUT2D eigenvalue weighted by Gasteiger charge is -2.36. The number of likely N-dealkylation sites (tertiary alicyclic amines) is 1. The number of nitrogens with zero attached hydrogens (tertiary/aromatic N) is 2. The molecule has 0 unspecified atom stereocenters. The fourth-order valence-electron chi connectivity index (χ4n) is 3.84. The van der Waals surface area contributed by atoms with E-state index in [1.807, 2.05) is 0 Å². The Bertz CT molecular complexity index is 831. The molecule has 3 rings (SSSR count). The second-order valence-corrected chi connectivity index (χ2v) is 9.18. The average molecular weight is 393 g/mol. The highest BCUT2D eigenvalue weighted by molar-refractivity contribution is 7.89. The van der Waals surface area contributed by atoms with Crippen LogP contribution in [0.3, 0.4) is 0 Å². The predicted octanol–water partition coefficient (Wildman–Crippen LogP) is 0.914. The highest BCUT2D eigenvalue weighted by Gasteiger charge is 2.31. The number of aliphatic carboxylic acids is 1. The number of rotatable bonds is 4. The molecule has 2 fully saturated rings. The Morgan fingerprint density at radius 2 is 1.70 bits per heavy atom. The molecule has 0 radical (unpaired) electrons. The first-order chi connectivity index (χ1) is 12.8. The van der Waals surface area contributed by atoms with Gasteiger partial charge in [-0.25, -0.2) is 8.42 Å². The largest absolute Gasteiger partial charge is 0.548 e. The van der Waals surface area contributed by atoms with E-state index >= 15 is 0 Å². The van der Waals surface area contributed by atoms with Gasteiger partial charge in [0.05, 0.1) is 16.9 Å². The number of benzene rings is 1. The highest BCUT2D eigenvalue weighted by Crippen LogP contribution is 2.26. The van der Waals surface area contributed by atoms with E-state index in [0.717, 1.165) is 32.1 Å². The van der Waals surface area contributed by atoms with Crippen molar-refractivity contribution in [2.24, 2.45) is 0 Å². The second kappa shape index (κ2) is 7.98. The van der Waals surface area contributed by atoms with Gasteiger partial charge < -0.3 is 14.8 Å². The van der Waals surface area contributed by atoms with Gasteiger partial charge in [-0.3, -0.25) is 4.79 Å². The summed E-state index contributed by atoms with van der Waals surface area (Å²) in [5, 5.41) is 11.4. The van der Waals surface area contributed by atoms with Crippen LogP contribution in [0.15, 0.2) is 23.1 Å². The summed E-state index contributed by atoms with van der Waals surface area (Å²) in [5.41, 5.74) is 0.775. The number of carboxylic acids is 1. The highest BCUT2D eigenvalue weighted by atomic mass is 32.2. The zero-order chi connectivity index (χ0) is 19.6. The first-order valence-corrected chi connectivity index (χ1v) is 10.9. The average Bonchev–Trinajstić information content (AvgIpc) is 2.68. The van der Waals surface area contributed by atoms with Crippen molar-refractivity contribution >= 4 is 21.9 Å². The third kappa shape index (κ3) is 4.01. The summed E-state index contributed by atoms with van der Waals surface area (Å²) < 4.78 is 27.5. The van der Waals surface area contributed by atoms with Gasteiger partial charge in [-0.05, 0) is 56.7 Å². The van der Waals surface area contributed by atoms with Crippen LogP contribution in [0.2, 0.25) is 0 Å². The third-order valence-electron chi connectivity index (χ3n) is 5.40. The van der Waals surface area contributed by atoms with Crippen molar-refractivity contribution < 1.29 is 23.1 Å². The standard InChI is InChI=1S/C19H26N2O5S/c1-14-8-9-15(18(22)21-12-6-3-7-16(21)19(23)24)13-17(14)27(25,26)20-10-4-2-5-11-20/h8-9,13,16H,2-7,10-12H2,1H3,(H,23,24)/p-1/t16-/m0/s1. The van der Waals surface area contributed by atoms with E-state index < -0.39 is 27.9 Å². The maximum atomic E-state index is 13.0.